The third kappa shape index (κ3) is 5.11. The number of aromatic amines is 1. The zero-order valence-electron chi connectivity index (χ0n) is 18.5. The van der Waals surface area contributed by atoms with Crippen LogP contribution in [-0.4, -0.2) is 22.1 Å². The topological polar surface area (TPSA) is 124 Å². The minimum Gasteiger partial charge on any atom is -0.483 e. The third-order valence-corrected chi connectivity index (χ3v) is 5.10. The molecule has 0 aliphatic heterocycles. The summed E-state index contributed by atoms with van der Waals surface area (Å²) in [7, 11) is 0. The smallest absolute Gasteiger partial charge is 0.330 e. The van der Waals surface area contributed by atoms with Gasteiger partial charge in [-0.3, -0.25) is 24.0 Å². The van der Waals surface area contributed by atoms with Crippen LogP contribution >= 0.6 is 0 Å². The summed E-state index contributed by atoms with van der Waals surface area (Å²) < 4.78 is 12.4. The van der Waals surface area contributed by atoms with Crippen LogP contribution in [0.3, 0.4) is 0 Å². The average molecular weight is 441 g/mol. The third-order valence-electron chi connectivity index (χ3n) is 5.10. The van der Waals surface area contributed by atoms with Crippen molar-refractivity contribution in [2.45, 2.75) is 46.7 Å². The van der Waals surface area contributed by atoms with Crippen LogP contribution < -0.4 is 26.6 Å². The van der Waals surface area contributed by atoms with Gasteiger partial charge in [-0.05, 0) is 44.0 Å². The molecule has 0 atom stereocenters. The van der Waals surface area contributed by atoms with Gasteiger partial charge in [0.1, 0.15) is 17.3 Å². The molecule has 32 heavy (non-hydrogen) atoms. The molecule has 2 aromatic heterocycles. The van der Waals surface area contributed by atoms with Crippen molar-refractivity contribution in [1.82, 2.24) is 9.55 Å². The number of H-pyrrole nitrogens is 1. The quantitative estimate of drug-likeness (QED) is 0.527. The standard InChI is InChI=1S/C23H28N4O5/c1-4-5-10-26-21(24)20(22(29)25-23(26)30)27(13-17-7-6-11-31-17)19(28)14-32-18-9-8-15(2)12-16(18)3/h6-9,11-12H,4-5,10,13-14,24H2,1-3H3,(H,25,29,30). The van der Waals surface area contributed by atoms with Crippen molar-refractivity contribution in [2.75, 3.05) is 17.2 Å². The molecule has 9 nitrogen and oxygen atoms in total. The summed E-state index contributed by atoms with van der Waals surface area (Å²) in [5.74, 6) is 0.449. The number of nitrogens with one attached hydrogen (secondary N) is 1. The first-order valence-corrected chi connectivity index (χ1v) is 10.5. The molecule has 0 aliphatic rings. The van der Waals surface area contributed by atoms with E-state index in [2.05, 4.69) is 4.98 Å². The highest BCUT2D eigenvalue weighted by atomic mass is 16.5. The van der Waals surface area contributed by atoms with Crippen LogP contribution in [0.2, 0.25) is 0 Å². The van der Waals surface area contributed by atoms with Crippen LogP contribution in [0, 0.1) is 13.8 Å². The second kappa shape index (κ2) is 10.0. The Balaban J connectivity index is 1.96. The predicted molar refractivity (Wildman–Crippen MR) is 122 cm³/mol. The summed E-state index contributed by atoms with van der Waals surface area (Å²) in [6.07, 6.45) is 3.00. The minimum atomic E-state index is -0.744. The zero-order chi connectivity index (χ0) is 23.3. The molecule has 2 heterocycles. The highest BCUT2D eigenvalue weighted by Crippen LogP contribution is 2.22. The summed E-state index contributed by atoms with van der Waals surface area (Å²) in [5, 5.41) is 0. The number of nitrogens with two attached hydrogens (primary N) is 1. The normalized spacial score (nSPS) is 10.8. The van der Waals surface area contributed by atoms with Crippen molar-refractivity contribution in [3.05, 3.63) is 74.3 Å². The van der Waals surface area contributed by atoms with Gasteiger partial charge in [0.15, 0.2) is 12.3 Å². The number of aromatic nitrogens is 2. The van der Waals surface area contributed by atoms with Crippen LogP contribution in [0.4, 0.5) is 11.5 Å². The molecule has 0 saturated carbocycles. The Morgan fingerprint density at radius 3 is 2.69 bits per heavy atom. The highest BCUT2D eigenvalue weighted by Gasteiger charge is 2.26. The van der Waals surface area contributed by atoms with Gasteiger partial charge in [0.2, 0.25) is 0 Å². The van der Waals surface area contributed by atoms with Crippen molar-refractivity contribution in [2.24, 2.45) is 0 Å². The van der Waals surface area contributed by atoms with E-state index >= 15 is 0 Å². The van der Waals surface area contributed by atoms with Gasteiger partial charge in [0.05, 0.1) is 12.8 Å². The first kappa shape index (κ1) is 22.9. The summed E-state index contributed by atoms with van der Waals surface area (Å²) in [4.78, 5) is 41.7. The number of hydrogen-bond acceptors (Lipinski definition) is 6. The van der Waals surface area contributed by atoms with Gasteiger partial charge in [0.25, 0.3) is 11.5 Å². The maximum Gasteiger partial charge on any atom is 0.330 e. The first-order chi connectivity index (χ1) is 15.3. The van der Waals surface area contributed by atoms with E-state index in [4.69, 9.17) is 14.9 Å². The number of anilines is 2. The SMILES string of the molecule is CCCCn1c(N)c(N(Cc2ccco2)C(=O)COc2ccc(C)cc2C)c(=O)[nH]c1=O. The molecule has 170 valence electrons. The number of rotatable bonds is 9. The lowest BCUT2D eigenvalue weighted by molar-refractivity contribution is -0.120. The summed E-state index contributed by atoms with van der Waals surface area (Å²) in [6, 6.07) is 9.00. The number of ether oxygens (including phenoxy) is 1. The highest BCUT2D eigenvalue weighted by molar-refractivity contribution is 5.96. The number of amides is 1. The van der Waals surface area contributed by atoms with Crippen LogP contribution in [0.15, 0.2) is 50.6 Å². The van der Waals surface area contributed by atoms with Gasteiger partial charge in [-0.1, -0.05) is 31.0 Å². The molecule has 0 radical (unpaired) electrons. The number of carbonyl (C=O) groups excluding carboxylic acids is 1. The van der Waals surface area contributed by atoms with E-state index in [0.717, 1.165) is 17.5 Å². The summed E-state index contributed by atoms with van der Waals surface area (Å²) in [6.45, 7) is 5.80. The van der Waals surface area contributed by atoms with Crippen molar-refractivity contribution in [3.63, 3.8) is 0 Å². The number of aryl methyl sites for hydroxylation is 2. The molecular formula is C23H28N4O5. The second-order valence-electron chi connectivity index (χ2n) is 7.62. The van der Waals surface area contributed by atoms with E-state index < -0.39 is 17.2 Å². The molecule has 0 fully saturated rings. The van der Waals surface area contributed by atoms with Gasteiger partial charge in [0, 0.05) is 6.54 Å². The van der Waals surface area contributed by atoms with E-state index in [-0.39, 0.29) is 24.7 Å². The second-order valence-corrected chi connectivity index (χ2v) is 7.62. The zero-order valence-corrected chi connectivity index (χ0v) is 18.5. The number of nitrogen functional groups attached to an aromatic ring is 1. The first-order valence-electron chi connectivity index (χ1n) is 10.5. The van der Waals surface area contributed by atoms with E-state index in [1.54, 1.807) is 18.2 Å². The van der Waals surface area contributed by atoms with Gasteiger partial charge >= 0.3 is 5.69 Å². The molecule has 0 unspecified atom stereocenters. The molecule has 1 aromatic carbocycles. The average Bonchev–Trinajstić information content (AvgIpc) is 3.25. The van der Waals surface area contributed by atoms with Crippen molar-refractivity contribution in [1.29, 1.82) is 0 Å². The maximum atomic E-state index is 13.2. The van der Waals surface area contributed by atoms with Crippen molar-refractivity contribution < 1.29 is 13.9 Å². The lowest BCUT2D eigenvalue weighted by Gasteiger charge is -2.24. The van der Waals surface area contributed by atoms with Crippen molar-refractivity contribution >= 4 is 17.4 Å². The number of nitrogens with zero attached hydrogens (tertiary/aromatic N) is 2. The number of furan rings is 1. The Hall–Kier alpha value is -3.75. The van der Waals surface area contributed by atoms with E-state index in [9.17, 15) is 14.4 Å². The molecular weight excluding hydrogens is 412 g/mol. The predicted octanol–water partition coefficient (Wildman–Crippen LogP) is 2.74. The lowest BCUT2D eigenvalue weighted by atomic mass is 10.1. The van der Waals surface area contributed by atoms with Gasteiger partial charge < -0.3 is 14.9 Å². The van der Waals surface area contributed by atoms with Crippen LogP contribution in [-0.2, 0) is 17.9 Å². The maximum absolute atomic E-state index is 13.2. The Labute approximate surface area is 185 Å². The number of hydrogen-bond donors (Lipinski definition) is 2. The summed E-state index contributed by atoms with van der Waals surface area (Å²) in [5.41, 5.74) is 6.73. The minimum absolute atomic E-state index is 0.0403. The molecule has 3 N–H and O–H groups in total. The fourth-order valence-electron chi connectivity index (χ4n) is 3.41. The number of carbonyl (C=O) groups is 1. The molecule has 0 saturated heterocycles. The molecule has 9 heteroatoms. The van der Waals surface area contributed by atoms with Crippen LogP contribution in [0.1, 0.15) is 36.7 Å². The Kier molecular flexibility index (Phi) is 7.19. The molecule has 0 spiro atoms. The molecule has 0 bridgehead atoms. The molecule has 0 aliphatic carbocycles. The Morgan fingerprint density at radius 1 is 1.25 bits per heavy atom. The lowest BCUT2D eigenvalue weighted by Crippen LogP contribution is -2.42. The molecule has 3 rings (SSSR count). The molecule has 3 aromatic rings. The number of unbranched alkanes of at least 4 members (excludes halogenated alkanes) is 1. The van der Waals surface area contributed by atoms with Gasteiger partial charge in [-0.2, -0.15) is 0 Å². The number of benzene rings is 1. The van der Waals surface area contributed by atoms with E-state index in [1.165, 1.54) is 15.7 Å². The Morgan fingerprint density at radius 2 is 2.03 bits per heavy atom. The van der Waals surface area contributed by atoms with E-state index in [1.807, 2.05) is 32.9 Å². The van der Waals surface area contributed by atoms with Gasteiger partial charge in [-0.25, -0.2) is 4.79 Å². The van der Waals surface area contributed by atoms with Crippen molar-refractivity contribution in [3.8, 4) is 5.75 Å². The van der Waals surface area contributed by atoms with Gasteiger partial charge in [-0.15, -0.1) is 0 Å². The fraction of sp³-hybridized carbons (Fsp3) is 0.348. The molecule has 1 amide bonds. The largest absolute Gasteiger partial charge is 0.483 e. The van der Waals surface area contributed by atoms with Crippen LogP contribution in [0.25, 0.3) is 0 Å². The Bertz CT molecular complexity index is 1190. The van der Waals surface area contributed by atoms with E-state index in [0.29, 0.717) is 24.5 Å². The summed E-state index contributed by atoms with van der Waals surface area (Å²) >= 11 is 0. The van der Waals surface area contributed by atoms with Crippen LogP contribution in [0.5, 0.6) is 5.75 Å². The monoisotopic (exact) mass is 440 g/mol. The fourth-order valence-corrected chi connectivity index (χ4v) is 3.41.